The smallest absolute Gasteiger partial charge is 0.298 e. The molecule has 0 spiro atoms. The zero-order chi connectivity index (χ0) is 18.8. The fraction of sp³-hybridized carbons (Fsp3) is 0.474. The van der Waals surface area contributed by atoms with Gasteiger partial charge in [0.2, 0.25) is 11.0 Å². The number of oxazole rings is 1. The second kappa shape index (κ2) is 7.64. The third-order valence-corrected chi connectivity index (χ3v) is 5.56. The van der Waals surface area contributed by atoms with Crippen LogP contribution in [0.25, 0.3) is 11.1 Å². The van der Waals surface area contributed by atoms with Crippen LogP contribution in [0.2, 0.25) is 0 Å². The van der Waals surface area contributed by atoms with Gasteiger partial charge in [0.15, 0.2) is 5.58 Å². The molecule has 1 aliphatic rings. The molecule has 0 radical (unpaired) electrons. The quantitative estimate of drug-likeness (QED) is 0.720. The Balaban J connectivity index is 1.33. The molecule has 0 aliphatic carbocycles. The molecule has 0 saturated carbocycles. The van der Waals surface area contributed by atoms with Crippen LogP contribution in [0, 0.1) is 11.8 Å². The fourth-order valence-corrected chi connectivity index (χ4v) is 4.23. The summed E-state index contributed by atoms with van der Waals surface area (Å²) in [5.41, 5.74) is 1.65. The lowest BCUT2D eigenvalue weighted by molar-refractivity contribution is -0.120. The maximum absolute atomic E-state index is 12.6. The highest BCUT2D eigenvalue weighted by molar-refractivity contribution is 7.15. The molecule has 4 rings (SSSR count). The number of hydrogen-bond acceptors (Lipinski definition) is 7. The molecule has 142 valence electrons. The fourth-order valence-electron chi connectivity index (χ4n) is 3.27. The van der Waals surface area contributed by atoms with Crippen LogP contribution < -0.4 is 10.2 Å². The number of fused-ring (bicyclic) bond motifs is 1. The summed E-state index contributed by atoms with van der Waals surface area (Å²) in [5.74, 6) is 0.528. The Hall–Kier alpha value is -2.48. The highest BCUT2D eigenvalue weighted by atomic mass is 32.1. The van der Waals surface area contributed by atoms with Crippen molar-refractivity contribution in [2.45, 2.75) is 33.1 Å². The Morgan fingerprint density at radius 2 is 2.07 bits per heavy atom. The highest BCUT2D eigenvalue weighted by Gasteiger charge is 2.27. The van der Waals surface area contributed by atoms with E-state index in [0.29, 0.717) is 17.1 Å². The number of benzene rings is 1. The average molecular weight is 385 g/mol. The summed E-state index contributed by atoms with van der Waals surface area (Å²) >= 11 is 1.46. The topological polar surface area (TPSA) is 84.2 Å². The number of amides is 1. The van der Waals surface area contributed by atoms with E-state index in [1.165, 1.54) is 11.3 Å². The third kappa shape index (κ3) is 4.10. The molecular weight excluding hydrogens is 362 g/mol. The van der Waals surface area contributed by atoms with Crippen LogP contribution >= 0.6 is 11.3 Å². The molecule has 1 N–H and O–H groups in total. The van der Waals surface area contributed by atoms with E-state index in [0.717, 1.165) is 48.5 Å². The van der Waals surface area contributed by atoms with Gasteiger partial charge in [-0.2, -0.15) is 4.98 Å². The third-order valence-electron chi connectivity index (χ3n) is 4.70. The maximum atomic E-state index is 12.6. The van der Waals surface area contributed by atoms with Crippen LogP contribution in [0.15, 0.2) is 28.7 Å². The number of anilines is 2. The standard InChI is InChI=1S/C19H23N5O2S/c1-12(2)11-16-22-23-18(27-16)21-17(25)13-7-9-24(10-8-13)19-20-14-5-3-4-6-15(14)26-19/h3-6,12-13H,7-11H2,1-2H3,(H,21,23,25). The van der Waals surface area contributed by atoms with E-state index in [4.69, 9.17) is 4.42 Å². The minimum absolute atomic E-state index is 0.0249. The lowest BCUT2D eigenvalue weighted by atomic mass is 9.96. The molecule has 0 atom stereocenters. The maximum Gasteiger partial charge on any atom is 0.298 e. The first kappa shape index (κ1) is 17.9. The van der Waals surface area contributed by atoms with E-state index >= 15 is 0 Å². The molecule has 3 aromatic rings. The van der Waals surface area contributed by atoms with Gasteiger partial charge in [-0.05, 0) is 30.9 Å². The number of piperidine rings is 1. The molecule has 3 heterocycles. The van der Waals surface area contributed by atoms with Crippen molar-refractivity contribution in [1.82, 2.24) is 15.2 Å². The molecule has 0 unspecified atom stereocenters. The number of hydrogen-bond donors (Lipinski definition) is 1. The largest absolute Gasteiger partial charge is 0.423 e. The molecule has 1 saturated heterocycles. The molecular formula is C19H23N5O2S. The molecule has 1 aromatic carbocycles. The van der Waals surface area contributed by atoms with Crippen LogP contribution in [-0.2, 0) is 11.2 Å². The Labute approximate surface area is 161 Å². The number of aromatic nitrogens is 3. The molecule has 7 nitrogen and oxygen atoms in total. The summed E-state index contributed by atoms with van der Waals surface area (Å²) in [6, 6.07) is 8.39. The predicted molar refractivity (Wildman–Crippen MR) is 106 cm³/mol. The number of para-hydroxylation sites is 2. The first-order chi connectivity index (χ1) is 13.1. The Morgan fingerprint density at radius 1 is 1.30 bits per heavy atom. The average Bonchev–Trinajstić information content (AvgIpc) is 3.28. The monoisotopic (exact) mass is 385 g/mol. The van der Waals surface area contributed by atoms with Gasteiger partial charge >= 0.3 is 0 Å². The molecule has 2 aromatic heterocycles. The number of nitrogens with one attached hydrogen (secondary N) is 1. The van der Waals surface area contributed by atoms with Crippen LogP contribution in [0.1, 0.15) is 31.7 Å². The Morgan fingerprint density at radius 3 is 2.81 bits per heavy atom. The Bertz CT molecular complexity index is 894. The summed E-state index contributed by atoms with van der Waals surface area (Å²) in [7, 11) is 0. The number of nitrogens with zero attached hydrogens (tertiary/aromatic N) is 4. The predicted octanol–water partition coefficient (Wildman–Crippen LogP) is 3.73. The molecule has 1 aliphatic heterocycles. The van der Waals surface area contributed by atoms with Gasteiger partial charge in [-0.15, -0.1) is 10.2 Å². The summed E-state index contributed by atoms with van der Waals surface area (Å²) < 4.78 is 5.83. The van der Waals surface area contributed by atoms with Crippen molar-refractivity contribution in [3.63, 3.8) is 0 Å². The summed E-state index contributed by atoms with van der Waals surface area (Å²) in [4.78, 5) is 19.2. The van der Waals surface area contributed by atoms with E-state index in [2.05, 4.69) is 39.2 Å². The van der Waals surface area contributed by atoms with E-state index in [1.807, 2.05) is 24.3 Å². The number of carbonyl (C=O) groups is 1. The van der Waals surface area contributed by atoms with Crippen LogP contribution in [0.4, 0.5) is 11.1 Å². The summed E-state index contributed by atoms with van der Waals surface area (Å²) in [6.07, 6.45) is 2.42. The van der Waals surface area contributed by atoms with E-state index in [9.17, 15) is 4.79 Å². The Kier molecular flexibility index (Phi) is 5.07. The minimum atomic E-state index is -0.0249. The van der Waals surface area contributed by atoms with E-state index in [1.54, 1.807) is 0 Å². The van der Waals surface area contributed by atoms with Gasteiger partial charge in [0.1, 0.15) is 10.5 Å². The van der Waals surface area contributed by atoms with Crippen LogP contribution in [0.3, 0.4) is 0 Å². The summed E-state index contributed by atoms with van der Waals surface area (Å²) in [6.45, 7) is 5.79. The molecule has 1 amide bonds. The van der Waals surface area contributed by atoms with Gasteiger partial charge < -0.3 is 14.6 Å². The van der Waals surface area contributed by atoms with E-state index in [-0.39, 0.29) is 11.8 Å². The second-order valence-electron chi connectivity index (χ2n) is 7.31. The van der Waals surface area contributed by atoms with Gasteiger partial charge in [-0.25, -0.2) is 0 Å². The van der Waals surface area contributed by atoms with Gasteiger partial charge in [-0.1, -0.05) is 37.3 Å². The van der Waals surface area contributed by atoms with Gasteiger partial charge in [0.05, 0.1) is 0 Å². The molecule has 0 bridgehead atoms. The molecule has 8 heteroatoms. The van der Waals surface area contributed by atoms with Gasteiger partial charge in [0.25, 0.3) is 6.01 Å². The SMILES string of the molecule is CC(C)Cc1nnc(NC(=O)C2CCN(c3nc4ccccc4o3)CC2)s1. The van der Waals surface area contributed by atoms with Crippen molar-refractivity contribution >= 4 is 39.5 Å². The van der Waals surface area contributed by atoms with Gasteiger partial charge in [0, 0.05) is 25.4 Å². The first-order valence-corrected chi connectivity index (χ1v) is 10.1. The van der Waals surface area contributed by atoms with Crippen molar-refractivity contribution in [1.29, 1.82) is 0 Å². The van der Waals surface area contributed by atoms with E-state index < -0.39 is 0 Å². The normalized spacial score (nSPS) is 15.6. The first-order valence-electron chi connectivity index (χ1n) is 9.32. The van der Waals surface area contributed by atoms with Crippen LogP contribution in [-0.4, -0.2) is 34.2 Å². The van der Waals surface area contributed by atoms with Crippen molar-refractivity contribution < 1.29 is 9.21 Å². The van der Waals surface area contributed by atoms with Crippen molar-refractivity contribution in [2.24, 2.45) is 11.8 Å². The number of carbonyl (C=O) groups excluding carboxylic acids is 1. The zero-order valence-electron chi connectivity index (χ0n) is 15.5. The van der Waals surface area contributed by atoms with Crippen molar-refractivity contribution in [3.8, 4) is 0 Å². The molecule has 27 heavy (non-hydrogen) atoms. The summed E-state index contributed by atoms with van der Waals surface area (Å²) in [5, 5.41) is 12.7. The van der Waals surface area contributed by atoms with Crippen LogP contribution in [0.5, 0.6) is 0 Å². The highest BCUT2D eigenvalue weighted by Crippen LogP contribution is 2.27. The molecule has 1 fully saturated rings. The second-order valence-corrected chi connectivity index (χ2v) is 8.38. The van der Waals surface area contributed by atoms with Gasteiger partial charge in [-0.3, -0.25) is 4.79 Å². The minimum Gasteiger partial charge on any atom is -0.423 e. The van der Waals surface area contributed by atoms with Crippen molar-refractivity contribution in [2.75, 3.05) is 23.3 Å². The number of rotatable bonds is 5. The van der Waals surface area contributed by atoms with Crippen molar-refractivity contribution in [3.05, 3.63) is 29.3 Å². The lowest BCUT2D eigenvalue weighted by Gasteiger charge is -2.29. The zero-order valence-corrected chi connectivity index (χ0v) is 16.3. The lowest BCUT2D eigenvalue weighted by Crippen LogP contribution is -2.38.